The molecule has 0 heterocycles. The Balaban J connectivity index is 1.68. The van der Waals surface area contributed by atoms with Crippen molar-refractivity contribution in [1.29, 1.82) is 0 Å². The van der Waals surface area contributed by atoms with Gasteiger partial charge in [-0.15, -0.1) is 0 Å². The van der Waals surface area contributed by atoms with Gasteiger partial charge < -0.3 is 10.8 Å². The van der Waals surface area contributed by atoms with Crippen LogP contribution >= 0.6 is 0 Å². The molecule has 0 unspecified atom stereocenters. The Hall–Kier alpha value is -2.10. The van der Waals surface area contributed by atoms with E-state index in [9.17, 15) is 14.7 Å². The van der Waals surface area contributed by atoms with E-state index in [2.05, 4.69) is 39.8 Å². The van der Waals surface area contributed by atoms with Crippen molar-refractivity contribution >= 4 is 11.7 Å². The van der Waals surface area contributed by atoms with Crippen molar-refractivity contribution in [1.82, 2.24) is 0 Å². The number of hydrogen-bond donors (Lipinski definition) is 2. The highest BCUT2D eigenvalue weighted by Gasteiger charge is 2.61. The highest BCUT2D eigenvalue weighted by molar-refractivity contribution is 6.06. The molecular formula is C29H41NO3. The first-order valence-electron chi connectivity index (χ1n) is 12.5. The zero-order chi connectivity index (χ0) is 24.6. The SMILES string of the molecule is CC1=C(O)C(=O)C=C2C1=CC=C1[C@@]2(C)CC[C@@]2(C)C[C@](C)(CCC(C)(C)C(N)=O)CC[C@]12C. The lowest BCUT2D eigenvalue weighted by Gasteiger charge is -2.64. The molecule has 0 aromatic heterocycles. The second-order valence-corrected chi connectivity index (χ2v) is 13.0. The van der Waals surface area contributed by atoms with Crippen LogP contribution in [0.25, 0.3) is 0 Å². The fourth-order valence-corrected chi connectivity index (χ4v) is 7.40. The smallest absolute Gasteiger partial charge is 0.223 e. The fourth-order valence-electron chi connectivity index (χ4n) is 7.40. The van der Waals surface area contributed by atoms with Gasteiger partial charge in [-0.3, -0.25) is 9.59 Å². The van der Waals surface area contributed by atoms with Crippen LogP contribution in [0.1, 0.15) is 93.4 Å². The van der Waals surface area contributed by atoms with Gasteiger partial charge in [0.1, 0.15) is 0 Å². The van der Waals surface area contributed by atoms with E-state index in [0.717, 1.165) is 56.1 Å². The summed E-state index contributed by atoms with van der Waals surface area (Å²) in [7, 11) is 0. The zero-order valence-corrected chi connectivity index (χ0v) is 21.5. The van der Waals surface area contributed by atoms with Crippen LogP contribution in [-0.2, 0) is 9.59 Å². The number of fused-ring (bicyclic) bond motifs is 5. The fraction of sp³-hybridized carbons (Fsp3) is 0.655. The van der Waals surface area contributed by atoms with E-state index in [4.69, 9.17) is 5.73 Å². The first-order valence-corrected chi connectivity index (χ1v) is 12.5. The van der Waals surface area contributed by atoms with Crippen LogP contribution < -0.4 is 5.73 Å². The number of rotatable bonds is 4. The van der Waals surface area contributed by atoms with Crippen molar-refractivity contribution in [3.05, 3.63) is 46.3 Å². The highest BCUT2D eigenvalue weighted by atomic mass is 16.3. The molecule has 4 aliphatic carbocycles. The minimum absolute atomic E-state index is 0.0434. The molecule has 1 amide bonds. The van der Waals surface area contributed by atoms with Crippen LogP contribution in [0.2, 0.25) is 0 Å². The summed E-state index contributed by atoms with van der Waals surface area (Å²) in [5, 5.41) is 10.2. The lowest BCUT2D eigenvalue weighted by atomic mass is 9.39. The normalized spacial score (nSPS) is 38.5. The van der Waals surface area contributed by atoms with E-state index in [1.807, 2.05) is 20.8 Å². The number of hydrogen-bond acceptors (Lipinski definition) is 3. The van der Waals surface area contributed by atoms with Gasteiger partial charge in [0.15, 0.2) is 5.76 Å². The molecule has 4 rings (SSSR count). The van der Waals surface area contributed by atoms with Crippen LogP contribution in [0.4, 0.5) is 0 Å². The Morgan fingerprint density at radius 3 is 2.39 bits per heavy atom. The molecule has 33 heavy (non-hydrogen) atoms. The first kappa shape index (κ1) is 24.0. The molecule has 0 spiro atoms. The lowest BCUT2D eigenvalue weighted by Crippen LogP contribution is -2.55. The van der Waals surface area contributed by atoms with Crippen molar-refractivity contribution in [3.63, 3.8) is 0 Å². The Kier molecular flexibility index (Phi) is 5.24. The summed E-state index contributed by atoms with van der Waals surface area (Å²) in [6.45, 7) is 15.4. The monoisotopic (exact) mass is 451 g/mol. The summed E-state index contributed by atoms with van der Waals surface area (Å²) in [4.78, 5) is 24.4. The van der Waals surface area contributed by atoms with Gasteiger partial charge in [0.2, 0.25) is 11.7 Å². The van der Waals surface area contributed by atoms with E-state index < -0.39 is 5.41 Å². The summed E-state index contributed by atoms with van der Waals surface area (Å²) in [6, 6.07) is 0. The molecule has 4 nitrogen and oxygen atoms in total. The summed E-state index contributed by atoms with van der Waals surface area (Å²) in [5.74, 6) is -0.606. The van der Waals surface area contributed by atoms with Crippen molar-refractivity contribution in [2.24, 2.45) is 32.8 Å². The number of amides is 1. The van der Waals surface area contributed by atoms with Crippen molar-refractivity contribution in [3.8, 4) is 0 Å². The molecule has 0 saturated heterocycles. The van der Waals surface area contributed by atoms with Crippen LogP contribution in [0.5, 0.6) is 0 Å². The number of nitrogens with two attached hydrogens (primary N) is 1. The van der Waals surface area contributed by atoms with E-state index in [-0.39, 0.29) is 39.1 Å². The predicted molar refractivity (Wildman–Crippen MR) is 132 cm³/mol. The van der Waals surface area contributed by atoms with Gasteiger partial charge in [0.25, 0.3) is 0 Å². The number of primary amides is 1. The number of aliphatic hydroxyl groups is 1. The van der Waals surface area contributed by atoms with Crippen molar-refractivity contribution in [2.45, 2.75) is 93.4 Å². The number of carbonyl (C=O) groups is 2. The van der Waals surface area contributed by atoms with E-state index in [0.29, 0.717) is 5.57 Å². The van der Waals surface area contributed by atoms with Crippen molar-refractivity contribution in [2.75, 3.05) is 0 Å². The molecule has 4 atom stereocenters. The van der Waals surface area contributed by atoms with E-state index >= 15 is 0 Å². The van der Waals surface area contributed by atoms with Gasteiger partial charge in [0.05, 0.1) is 0 Å². The molecule has 0 aliphatic heterocycles. The summed E-state index contributed by atoms with van der Waals surface area (Å²) < 4.78 is 0. The summed E-state index contributed by atoms with van der Waals surface area (Å²) in [6.07, 6.45) is 13.4. The third-order valence-corrected chi connectivity index (χ3v) is 10.3. The van der Waals surface area contributed by atoms with E-state index in [1.165, 1.54) is 5.57 Å². The Morgan fingerprint density at radius 2 is 1.76 bits per heavy atom. The highest BCUT2D eigenvalue weighted by Crippen LogP contribution is 2.71. The Morgan fingerprint density at radius 1 is 1.09 bits per heavy atom. The van der Waals surface area contributed by atoms with Gasteiger partial charge in [0, 0.05) is 16.4 Å². The average Bonchev–Trinajstić information content (AvgIpc) is 2.73. The third kappa shape index (κ3) is 3.39. The third-order valence-electron chi connectivity index (χ3n) is 10.3. The van der Waals surface area contributed by atoms with Crippen LogP contribution in [-0.4, -0.2) is 16.8 Å². The van der Waals surface area contributed by atoms with Gasteiger partial charge in [-0.1, -0.05) is 59.3 Å². The minimum atomic E-state index is -0.472. The molecular weight excluding hydrogens is 410 g/mol. The molecule has 4 aliphatic rings. The van der Waals surface area contributed by atoms with Gasteiger partial charge in [-0.2, -0.15) is 0 Å². The second kappa shape index (κ2) is 7.20. The largest absolute Gasteiger partial charge is 0.504 e. The maximum Gasteiger partial charge on any atom is 0.223 e. The van der Waals surface area contributed by atoms with Crippen LogP contribution in [0, 0.1) is 27.1 Å². The number of aliphatic hydroxyl groups excluding tert-OH is 1. The predicted octanol–water partition coefficient (Wildman–Crippen LogP) is 6.49. The van der Waals surface area contributed by atoms with Gasteiger partial charge >= 0.3 is 0 Å². The van der Waals surface area contributed by atoms with Crippen molar-refractivity contribution < 1.29 is 14.7 Å². The minimum Gasteiger partial charge on any atom is -0.504 e. The van der Waals surface area contributed by atoms with Crippen LogP contribution in [0.3, 0.4) is 0 Å². The molecule has 0 radical (unpaired) electrons. The van der Waals surface area contributed by atoms with Gasteiger partial charge in [-0.05, 0) is 85.3 Å². The molecule has 3 N–H and O–H groups in total. The standard InChI is InChI=1S/C29H41NO3/c1-18-19-8-9-22-28(6,20(19)16-21(31)23(18)32)14-13-27(5)17-26(4,12-15-29(22,27)7)11-10-25(2,3)24(30)33/h8-9,16,32H,10-15,17H2,1-7H3,(H2,30,33)/t26-,27+,28+,29-/m1/s1. The van der Waals surface area contributed by atoms with E-state index in [1.54, 1.807) is 6.08 Å². The number of carbonyl (C=O) groups excluding carboxylic acids is 2. The molecule has 2 fully saturated rings. The quantitative estimate of drug-likeness (QED) is 0.513. The number of ketones is 1. The molecule has 180 valence electrons. The maximum absolute atomic E-state index is 12.5. The Bertz CT molecular complexity index is 1060. The molecule has 2 saturated carbocycles. The zero-order valence-electron chi connectivity index (χ0n) is 21.5. The first-order chi connectivity index (χ1) is 15.1. The molecule has 0 aromatic carbocycles. The molecule has 4 heteroatoms. The Labute approximate surface area is 199 Å². The van der Waals surface area contributed by atoms with Crippen LogP contribution in [0.15, 0.2) is 46.3 Å². The topological polar surface area (TPSA) is 80.4 Å². The maximum atomic E-state index is 12.5. The second-order valence-electron chi connectivity index (χ2n) is 13.0. The van der Waals surface area contributed by atoms with Gasteiger partial charge in [-0.25, -0.2) is 0 Å². The average molecular weight is 452 g/mol. The number of allylic oxidation sites excluding steroid dienone is 7. The summed E-state index contributed by atoms with van der Waals surface area (Å²) in [5.41, 5.74) is 9.62. The molecule has 0 bridgehead atoms. The molecule has 0 aromatic rings. The lowest BCUT2D eigenvalue weighted by molar-refractivity contribution is -0.127. The summed E-state index contributed by atoms with van der Waals surface area (Å²) >= 11 is 0.